The molecule has 0 bridgehead atoms. The fraction of sp³-hybridized carbons (Fsp3) is 0.500. The van der Waals surface area contributed by atoms with E-state index in [9.17, 15) is 13.2 Å². The van der Waals surface area contributed by atoms with Crippen LogP contribution in [0.5, 0.6) is 0 Å². The number of benzene rings is 1. The number of aliphatic imine (C=N–C) groups is 1. The summed E-state index contributed by atoms with van der Waals surface area (Å²) in [6, 6.07) is 8.65. The Hall–Kier alpha value is -1.40. The minimum absolute atomic E-state index is 0. The average Bonchev–Trinajstić information content (AvgIpc) is 3.20. The molecule has 1 atom stereocenters. The number of guanidine groups is 1. The molecular formula is C20H27F3IN5S. The van der Waals surface area contributed by atoms with E-state index in [-0.39, 0.29) is 24.0 Å². The van der Waals surface area contributed by atoms with Crippen molar-refractivity contribution < 1.29 is 13.2 Å². The molecule has 1 fully saturated rings. The summed E-state index contributed by atoms with van der Waals surface area (Å²) in [6.45, 7) is 3.68. The van der Waals surface area contributed by atoms with E-state index in [0.717, 1.165) is 28.6 Å². The lowest BCUT2D eigenvalue weighted by Crippen LogP contribution is -2.56. The van der Waals surface area contributed by atoms with Gasteiger partial charge in [0.2, 0.25) is 0 Å². The number of aromatic nitrogens is 1. The highest BCUT2D eigenvalue weighted by atomic mass is 127. The van der Waals surface area contributed by atoms with Crippen LogP contribution in [-0.4, -0.2) is 72.7 Å². The van der Waals surface area contributed by atoms with Gasteiger partial charge in [0.15, 0.2) is 5.96 Å². The zero-order valence-corrected chi connectivity index (χ0v) is 20.2. The molecule has 166 valence electrons. The molecule has 0 aliphatic carbocycles. The van der Waals surface area contributed by atoms with Crippen LogP contribution in [0.1, 0.15) is 12.6 Å². The first-order chi connectivity index (χ1) is 13.9. The third-order valence-electron chi connectivity index (χ3n) is 5.08. The minimum Gasteiger partial charge on any atom is -0.356 e. The summed E-state index contributed by atoms with van der Waals surface area (Å²) in [5.74, 6) is 0.725. The van der Waals surface area contributed by atoms with Crippen LogP contribution >= 0.6 is 35.3 Å². The van der Waals surface area contributed by atoms with E-state index < -0.39 is 12.2 Å². The first-order valence-corrected chi connectivity index (χ1v) is 10.5. The second-order valence-corrected chi connectivity index (χ2v) is 7.83. The number of rotatable bonds is 5. The Kier molecular flexibility index (Phi) is 9.35. The molecule has 3 rings (SSSR count). The van der Waals surface area contributed by atoms with Crippen LogP contribution in [0.4, 0.5) is 13.2 Å². The second-order valence-electron chi connectivity index (χ2n) is 6.97. The predicted octanol–water partition coefficient (Wildman–Crippen LogP) is 4.11. The Morgan fingerprint density at radius 1 is 1.20 bits per heavy atom. The topological polar surface area (TPSA) is 43.8 Å². The van der Waals surface area contributed by atoms with Crippen LogP contribution in [0, 0.1) is 0 Å². The molecule has 1 aliphatic rings. The van der Waals surface area contributed by atoms with Crippen molar-refractivity contribution in [1.29, 1.82) is 0 Å². The number of hydrogen-bond donors (Lipinski definition) is 1. The smallest absolute Gasteiger partial charge is 0.356 e. The van der Waals surface area contributed by atoms with Crippen LogP contribution in [0.15, 0.2) is 40.7 Å². The van der Waals surface area contributed by atoms with Gasteiger partial charge in [0.05, 0.1) is 5.69 Å². The molecule has 2 heterocycles. The highest BCUT2D eigenvalue weighted by molar-refractivity contribution is 14.0. The fourth-order valence-electron chi connectivity index (χ4n) is 3.30. The first kappa shape index (κ1) is 24.9. The molecule has 1 aromatic heterocycles. The van der Waals surface area contributed by atoms with Gasteiger partial charge in [-0.05, 0) is 6.92 Å². The molecule has 1 N–H and O–H groups in total. The standard InChI is InChI=1S/C20H26F3N5S.HI/c1-15(20(21,22)23)27-10-12-28(13-11-27)19(24-2)25-9-8-17-14-29-18(26-17)16-6-4-3-5-7-16;/h3-7,14-15H,8-13H2,1-2H3,(H,24,25);1H. The molecule has 1 saturated heterocycles. The summed E-state index contributed by atoms with van der Waals surface area (Å²) < 4.78 is 38.7. The van der Waals surface area contributed by atoms with Gasteiger partial charge in [-0.25, -0.2) is 4.98 Å². The molecule has 5 nitrogen and oxygen atoms in total. The average molecular weight is 553 g/mol. The van der Waals surface area contributed by atoms with Crippen LogP contribution in [-0.2, 0) is 6.42 Å². The van der Waals surface area contributed by atoms with Gasteiger partial charge in [0.1, 0.15) is 11.0 Å². The van der Waals surface area contributed by atoms with E-state index in [1.165, 1.54) is 11.8 Å². The normalized spacial score (nSPS) is 16.8. The Labute approximate surface area is 196 Å². The summed E-state index contributed by atoms with van der Waals surface area (Å²) in [5, 5.41) is 6.37. The van der Waals surface area contributed by atoms with Gasteiger partial charge < -0.3 is 10.2 Å². The molecular weight excluding hydrogens is 526 g/mol. The van der Waals surface area contributed by atoms with Crippen LogP contribution < -0.4 is 5.32 Å². The van der Waals surface area contributed by atoms with Crippen LogP contribution in [0.25, 0.3) is 10.6 Å². The van der Waals surface area contributed by atoms with E-state index in [1.54, 1.807) is 18.4 Å². The monoisotopic (exact) mass is 553 g/mol. The Balaban J connectivity index is 0.00000320. The first-order valence-electron chi connectivity index (χ1n) is 9.64. The largest absolute Gasteiger partial charge is 0.403 e. The maximum absolute atomic E-state index is 12.9. The molecule has 0 amide bonds. The van der Waals surface area contributed by atoms with Crippen molar-refractivity contribution in [3.63, 3.8) is 0 Å². The van der Waals surface area contributed by atoms with Crippen molar-refractivity contribution in [2.24, 2.45) is 4.99 Å². The molecule has 1 aliphatic heterocycles. The zero-order valence-electron chi connectivity index (χ0n) is 17.0. The van der Waals surface area contributed by atoms with Gasteiger partial charge >= 0.3 is 6.18 Å². The van der Waals surface area contributed by atoms with E-state index in [1.807, 2.05) is 35.2 Å². The van der Waals surface area contributed by atoms with Crippen molar-refractivity contribution in [2.75, 3.05) is 39.8 Å². The summed E-state index contributed by atoms with van der Waals surface area (Å²) in [4.78, 5) is 12.5. The highest BCUT2D eigenvalue weighted by Gasteiger charge is 2.41. The Bertz CT molecular complexity index is 804. The highest BCUT2D eigenvalue weighted by Crippen LogP contribution is 2.25. The van der Waals surface area contributed by atoms with Gasteiger partial charge in [0, 0.05) is 57.1 Å². The summed E-state index contributed by atoms with van der Waals surface area (Å²) in [7, 11) is 1.70. The van der Waals surface area contributed by atoms with Gasteiger partial charge in [0.25, 0.3) is 0 Å². The van der Waals surface area contributed by atoms with Crippen molar-refractivity contribution in [3.05, 3.63) is 41.4 Å². The molecule has 0 spiro atoms. The Morgan fingerprint density at radius 2 is 1.87 bits per heavy atom. The van der Waals surface area contributed by atoms with Gasteiger partial charge in [-0.3, -0.25) is 9.89 Å². The minimum atomic E-state index is -4.19. The number of hydrogen-bond acceptors (Lipinski definition) is 4. The van der Waals surface area contributed by atoms with E-state index in [2.05, 4.69) is 20.7 Å². The SMILES string of the molecule is CN=C(NCCc1csc(-c2ccccc2)n1)N1CCN(C(C)C(F)(F)F)CC1.I. The molecule has 10 heteroatoms. The maximum Gasteiger partial charge on any atom is 0.403 e. The summed E-state index contributed by atoms with van der Waals surface area (Å²) >= 11 is 1.62. The molecule has 1 unspecified atom stereocenters. The van der Waals surface area contributed by atoms with Crippen LogP contribution in [0.2, 0.25) is 0 Å². The van der Waals surface area contributed by atoms with Crippen LogP contribution in [0.3, 0.4) is 0 Å². The summed E-state index contributed by atoms with van der Waals surface area (Å²) in [6.07, 6.45) is -3.43. The predicted molar refractivity (Wildman–Crippen MR) is 127 cm³/mol. The van der Waals surface area contributed by atoms with Crippen molar-refractivity contribution in [1.82, 2.24) is 20.1 Å². The lowest BCUT2D eigenvalue weighted by atomic mass is 10.2. The maximum atomic E-state index is 12.9. The third kappa shape index (κ3) is 6.55. The van der Waals surface area contributed by atoms with Crippen molar-refractivity contribution in [3.8, 4) is 10.6 Å². The summed E-state index contributed by atoms with van der Waals surface area (Å²) in [5.41, 5.74) is 2.12. The van der Waals surface area contributed by atoms with Gasteiger partial charge in [-0.1, -0.05) is 30.3 Å². The van der Waals surface area contributed by atoms with E-state index in [0.29, 0.717) is 32.7 Å². The number of nitrogens with one attached hydrogen (secondary N) is 1. The molecule has 0 radical (unpaired) electrons. The Morgan fingerprint density at radius 3 is 2.47 bits per heavy atom. The molecule has 2 aromatic rings. The third-order valence-corrected chi connectivity index (χ3v) is 6.02. The molecule has 1 aromatic carbocycles. The fourth-order valence-corrected chi connectivity index (χ4v) is 4.16. The van der Waals surface area contributed by atoms with E-state index >= 15 is 0 Å². The lowest BCUT2D eigenvalue weighted by molar-refractivity contribution is -0.181. The van der Waals surface area contributed by atoms with Crippen molar-refractivity contribution in [2.45, 2.75) is 25.6 Å². The lowest BCUT2D eigenvalue weighted by Gasteiger charge is -2.39. The zero-order chi connectivity index (χ0) is 20.9. The van der Waals surface area contributed by atoms with Crippen molar-refractivity contribution >= 4 is 41.3 Å². The number of thiazole rings is 1. The van der Waals surface area contributed by atoms with Gasteiger partial charge in [-0.15, -0.1) is 35.3 Å². The number of alkyl halides is 3. The molecule has 0 saturated carbocycles. The number of nitrogens with zero attached hydrogens (tertiary/aromatic N) is 4. The second kappa shape index (κ2) is 11.3. The van der Waals surface area contributed by atoms with Gasteiger partial charge in [-0.2, -0.15) is 13.2 Å². The number of piperazine rings is 1. The quantitative estimate of drug-likeness (QED) is 0.344. The van der Waals surface area contributed by atoms with E-state index in [4.69, 9.17) is 0 Å². The molecule has 30 heavy (non-hydrogen) atoms. The number of halogens is 4.